The lowest BCUT2D eigenvalue weighted by molar-refractivity contribution is 0.0331. The maximum Gasteiger partial charge on any atom is 0.153 e. The summed E-state index contributed by atoms with van der Waals surface area (Å²) in [7, 11) is 0. The second-order valence-corrected chi connectivity index (χ2v) is 7.13. The molecule has 4 heterocycles. The number of fused-ring (bicyclic) bond motifs is 1. The summed E-state index contributed by atoms with van der Waals surface area (Å²) >= 11 is 3.34. The summed E-state index contributed by atoms with van der Waals surface area (Å²) in [6, 6.07) is 4.15. The van der Waals surface area contributed by atoms with E-state index in [1.807, 2.05) is 6.07 Å². The van der Waals surface area contributed by atoms with Crippen LogP contribution >= 0.6 is 22.7 Å². The van der Waals surface area contributed by atoms with E-state index in [2.05, 4.69) is 32.1 Å². The molecular weight excluding hydrogens is 330 g/mol. The fourth-order valence-corrected chi connectivity index (χ4v) is 4.51. The van der Waals surface area contributed by atoms with Gasteiger partial charge in [0.25, 0.3) is 0 Å². The average Bonchev–Trinajstić information content (AvgIpc) is 3.24. The van der Waals surface area contributed by atoms with Crippen LogP contribution in [0.3, 0.4) is 0 Å². The number of hydrazine groups is 1. The van der Waals surface area contributed by atoms with Crippen LogP contribution in [0.25, 0.3) is 20.7 Å². The summed E-state index contributed by atoms with van der Waals surface area (Å²) in [6.07, 6.45) is 0. The molecule has 3 aromatic heterocycles. The molecule has 120 valence electrons. The van der Waals surface area contributed by atoms with Crippen LogP contribution in [0, 0.1) is 0 Å². The number of rotatable bonds is 4. The highest BCUT2D eigenvalue weighted by Gasteiger charge is 2.18. The van der Waals surface area contributed by atoms with Crippen LogP contribution in [0.1, 0.15) is 5.82 Å². The van der Waals surface area contributed by atoms with Crippen molar-refractivity contribution in [3.8, 4) is 10.4 Å². The van der Waals surface area contributed by atoms with Gasteiger partial charge in [0.2, 0.25) is 0 Å². The molecule has 23 heavy (non-hydrogen) atoms. The van der Waals surface area contributed by atoms with Crippen LogP contribution in [0.15, 0.2) is 22.9 Å². The minimum atomic E-state index is 0.697. The van der Waals surface area contributed by atoms with E-state index < -0.39 is 0 Å². The molecule has 4 rings (SSSR count). The Labute approximate surface area is 141 Å². The van der Waals surface area contributed by atoms with Crippen molar-refractivity contribution in [2.24, 2.45) is 5.84 Å². The number of hydrogen-bond donors (Lipinski definition) is 2. The van der Waals surface area contributed by atoms with Gasteiger partial charge in [0.1, 0.15) is 10.7 Å². The fraction of sp³-hybridized carbons (Fsp3) is 0.333. The van der Waals surface area contributed by atoms with Gasteiger partial charge in [-0.05, 0) is 11.4 Å². The average molecular weight is 347 g/mol. The van der Waals surface area contributed by atoms with Gasteiger partial charge in [-0.3, -0.25) is 4.90 Å². The van der Waals surface area contributed by atoms with Crippen LogP contribution in [0.2, 0.25) is 0 Å². The van der Waals surface area contributed by atoms with Crippen LogP contribution < -0.4 is 11.3 Å². The van der Waals surface area contributed by atoms with Gasteiger partial charge in [0.15, 0.2) is 5.82 Å². The maximum absolute atomic E-state index is 5.73. The summed E-state index contributed by atoms with van der Waals surface area (Å²) in [5.41, 5.74) is 3.90. The summed E-state index contributed by atoms with van der Waals surface area (Å²) in [6.45, 7) is 4.09. The molecule has 0 spiro atoms. The molecule has 0 aliphatic carbocycles. The van der Waals surface area contributed by atoms with Crippen molar-refractivity contribution in [2.75, 3.05) is 31.7 Å². The zero-order valence-corrected chi connectivity index (χ0v) is 14.1. The van der Waals surface area contributed by atoms with E-state index >= 15 is 0 Å². The number of anilines is 1. The highest BCUT2D eigenvalue weighted by atomic mass is 32.1. The minimum Gasteiger partial charge on any atom is -0.379 e. The number of hydrogen-bond acceptors (Lipinski definition) is 8. The predicted molar refractivity (Wildman–Crippen MR) is 94.6 cm³/mol. The Morgan fingerprint density at radius 2 is 2.13 bits per heavy atom. The normalized spacial score (nSPS) is 16.0. The fourth-order valence-electron chi connectivity index (χ4n) is 2.73. The first-order valence-electron chi connectivity index (χ1n) is 7.44. The Morgan fingerprint density at radius 1 is 1.26 bits per heavy atom. The molecule has 0 aromatic carbocycles. The third-order valence-corrected chi connectivity index (χ3v) is 5.65. The summed E-state index contributed by atoms with van der Waals surface area (Å²) in [5, 5.41) is 5.21. The third kappa shape index (κ3) is 2.96. The molecule has 3 N–H and O–H groups in total. The van der Waals surface area contributed by atoms with Crippen molar-refractivity contribution in [3.63, 3.8) is 0 Å². The van der Waals surface area contributed by atoms with Crippen LogP contribution in [0.5, 0.6) is 0 Å². The number of nitrogens with one attached hydrogen (secondary N) is 1. The largest absolute Gasteiger partial charge is 0.379 e. The lowest BCUT2D eigenvalue weighted by Gasteiger charge is -2.25. The van der Waals surface area contributed by atoms with E-state index in [-0.39, 0.29) is 0 Å². The van der Waals surface area contributed by atoms with Gasteiger partial charge in [-0.2, -0.15) is 0 Å². The van der Waals surface area contributed by atoms with Gasteiger partial charge in [-0.1, -0.05) is 6.07 Å². The highest BCUT2D eigenvalue weighted by molar-refractivity contribution is 7.18. The Hall–Kier alpha value is -1.58. The molecular formula is C15H17N5OS2. The number of morpholine rings is 1. The lowest BCUT2D eigenvalue weighted by atomic mass is 10.2. The van der Waals surface area contributed by atoms with Gasteiger partial charge in [-0.25, -0.2) is 15.8 Å². The standard InChI is InChI=1S/C15H17N5OS2/c16-19-14-13-10(11-2-1-7-22-11)9-23-15(13)18-12(17-14)8-20-3-5-21-6-4-20/h1-2,7,9H,3-6,8,16H2,(H,17,18,19). The van der Waals surface area contributed by atoms with E-state index in [0.717, 1.165) is 54.5 Å². The first-order chi connectivity index (χ1) is 11.3. The van der Waals surface area contributed by atoms with E-state index in [0.29, 0.717) is 5.82 Å². The smallest absolute Gasteiger partial charge is 0.153 e. The number of aromatic nitrogens is 2. The van der Waals surface area contributed by atoms with Crippen LogP contribution in [-0.2, 0) is 11.3 Å². The van der Waals surface area contributed by atoms with Gasteiger partial charge in [0, 0.05) is 28.9 Å². The van der Waals surface area contributed by atoms with Gasteiger partial charge in [0.05, 0.1) is 25.1 Å². The van der Waals surface area contributed by atoms with Crippen molar-refractivity contribution in [3.05, 3.63) is 28.7 Å². The first kappa shape index (κ1) is 15.0. The molecule has 1 aliphatic heterocycles. The molecule has 0 atom stereocenters. The highest BCUT2D eigenvalue weighted by Crippen LogP contribution is 2.38. The number of nitrogen functional groups attached to an aromatic ring is 1. The number of ether oxygens (including phenoxy) is 1. The molecule has 0 bridgehead atoms. The van der Waals surface area contributed by atoms with Crippen molar-refractivity contribution >= 4 is 38.7 Å². The predicted octanol–water partition coefficient (Wildman–Crippen LogP) is 2.54. The molecule has 6 nitrogen and oxygen atoms in total. The molecule has 1 saturated heterocycles. The number of nitrogens with zero attached hydrogens (tertiary/aromatic N) is 3. The van der Waals surface area contributed by atoms with Crippen LogP contribution in [-0.4, -0.2) is 41.2 Å². The quantitative estimate of drug-likeness (QED) is 0.558. The molecule has 0 radical (unpaired) electrons. The van der Waals surface area contributed by atoms with E-state index in [4.69, 9.17) is 15.6 Å². The van der Waals surface area contributed by atoms with E-state index in [1.165, 1.54) is 4.88 Å². The van der Waals surface area contributed by atoms with Crippen molar-refractivity contribution < 1.29 is 4.74 Å². The van der Waals surface area contributed by atoms with E-state index in [1.54, 1.807) is 22.7 Å². The number of thiophene rings is 2. The minimum absolute atomic E-state index is 0.697. The maximum atomic E-state index is 5.73. The van der Waals surface area contributed by atoms with Crippen LogP contribution in [0.4, 0.5) is 5.82 Å². The second-order valence-electron chi connectivity index (χ2n) is 5.33. The second kappa shape index (κ2) is 6.50. The molecule has 1 fully saturated rings. The Bertz CT molecular complexity index is 796. The van der Waals surface area contributed by atoms with Crippen molar-refractivity contribution in [1.82, 2.24) is 14.9 Å². The molecule has 0 unspecified atom stereocenters. The zero-order valence-electron chi connectivity index (χ0n) is 12.5. The molecule has 0 saturated carbocycles. The lowest BCUT2D eigenvalue weighted by Crippen LogP contribution is -2.36. The zero-order chi connectivity index (χ0) is 15.6. The van der Waals surface area contributed by atoms with Crippen molar-refractivity contribution in [1.29, 1.82) is 0 Å². The number of nitrogens with two attached hydrogens (primary N) is 1. The molecule has 8 heteroatoms. The monoisotopic (exact) mass is 347 g/mol. The third-order valence-electron chi connectivity index (χ3n) is 3.87. The summed E-state index contributed by atoms with van der Waals surface area (Å²) in [4.78, 5) is 13.9. The van der Waals surface area contributed by atoms with Gasteiger partial charge < -0.3 is 10.2 Å². The van der Waals surface area contributed by atoms with Gasteiger partial charge in [-0.15, -0.1) is 22.7 Å². The topological polar surface area (TPSA) is 76.3 Å². The van der Waals surface area contributed by atoms with Crippen molar-refractivity contribution in [2.45, 2.75) is 6.54 Å². The summed E-state index contributed by atoms with van der Waals surface area (Å²) < 4.78 is 5.39. The Kier molecular flexibility index (Phi) is 4.23. The molecule has 1 aliphatic rings. The Balaban J connectivity index is 1.72. The van der Waals surface area contributed by atoms with Gasteiger partial charge >= 0.3 is 0 Å². The van der Waals surface area contributed by atoms with E-state index in [9.17, 15) is 0 Å². The molecule has 0 amide bonds. The summed E-state index contributed by atoms with van der Waals surface area (Å²) in [5.74, 6) is 7.23. The SMILES string of the molecule is NNc1nc(CN2CCOCC2)nc2scc(-c3cccs3)c12. The molecule has 3 aromatic rings. The first-order valence-corrected chi connectivity index (χ1v) is 9.20. The Morgan fingerprint density at radius 3 is 2.87 bits per heavy atom.